The highest BCUT2D eigenvalue weighted by atomic mass is 127. The molecule has 8 heteroatoms. The first-order chi connectivity index (χ1) is 13.2. The number of hydrogen-bond acceptors (Lipinski definition) is 5. The van der Waals surface area contributed by atoms with Crippen LogP contribution in [-0.4, -0.2) is 73.8 Å². The summed E-state index contributed by atoms with van der Waals surface area (Å²) in [5.74, 6) is 1.83. The van der Waals surface area contributed by atoms with Crippen molar-refractivity contribution < 1.29 is 4.52 Å². The smallest absolute Gasteiger partial charge is 0.191 e. The van der Waals surface area contributed by atoms with Crippen molar-refractivity contribution in [2.24, 2.45) is 4.99 Å². The molecular weight excluding hydrogens is 467 g/mol. The first kappa shape index (κ1) is 25.2. The molecule has 0 bridgehead atoms. The van der Waals surface area contributed by atoms with Crippen molar-refractivity contribution in [2.75, 3.05) is 52.9 Å². The minimum Gasteiger partial charge on any atom is -0.361 e. The molecule has 0 amide bonds. The van der Waals surface area contributed by atoms with E-state index in [1.165, 1.54) is 39.1 Å². The summed E-state index contributed by atoms with van der Waals surface area (Å²) < 4.78 is 5.44. The Morgan fingerprint density at radius 2 is 1.82 bits per heavy atom. The Hall–Kier alpha value is -0.870. The second-order valence-corrected chi connectivity index (χ2v) is 7.21. The standard InChI is InChI=1S/C20H38N6O.HI/c1-5-18-17(19(6-2)27-24-18)16-23-20(21-7-3)22-10-8-9-11-26-14-12-25(4)13-15-26;/h5-16H2,1-4H3,(H2,21,22,23);1H. The van der Waals surface area contributed by atoms with Gasteiger partial charge in [-0.05, 0) is 39.8 Å². The lowest BCUT2D eigenvalue weighted by molar-refractivity contribution is 0.152. The first-order valence-electron chi connectivity index (χ1n) is 10.6. The molecule has 1 aromatic rings. The van der Waals surface area contributed by atoms with Crippen LogP contribution in [0, 0.1) is 0 Å². The lowest BCUT2D eigenvalue weighted by Gasteiger charge is -2.32. The highest BCUT2D eigenvalue weighted by molar-refractivity contribution is 14.0. The van der Waals surface area contributed by atoms with Crippen LogP contribution in [0.3, 0.4) is 0 Å². The van der Waals surface area contributed by atoms with Crippen LogP contribution in [0.5, 0.6) is 0 Å². The number of rotatable bonds is 10. The summed E-state index contributed by atoms with van der Waals surface area (Å²) in [7, 11) is 2.20. The summed E-state index contributed by atoms with van der Waals surface area (Å²) in [5.41, 5.74) is 2.17. The predicted octanol–water partition coefficient (Wildman–Crippen LogP) is 2.50. The summed E-state index contributed by atoms with van der Waals surface area (Å²) in [4.78, 5) is 9.72. The monoisotopic (exact) mass is 506 g/mol. The van der Waals surface area contributed by atoms with Crippen molar-refractivity contribution in [2.45, 2.75) is 53.0 Å². The zero-order chi connectivity index (χ0) is 19.5. The van der Waals surface area contributed by atoms with Crippen molar-refractivity contribution in [3.63, 3.8) is 0 Å². The van der Waals surface area contributed by atoms with Crippen molar-refractivity contribution in [3.05, 3.63) is 17.0 Å². The van der Waals surface area contributed by atoms with Gasteiger partial charge in [0.25, 0.3) is 0 Å². The van der Waals surface area contributed by atoms with Gasteiger partial charge in [-0.2, -0.15) is 0 Å². The first-order valence-corrected chi connectivity index (χ1v) is 10.6. The SMILES string of the molecule is CCNC(=NCc1c(CC)noc1CC)NCCCCN1CCN(C)CC1.I. The van der Waals surface area contributed by atoms with Crippen molar-refractivity contribution in [1.82, 2.24) is 25.6 Å². The Kier molecular flexibility index (Phi) is 12.7. The highest BCUT2D eigenvalue weighted by Crippen LogP contribution is 2.16. The Labute approximate surface area is 187 Å². The number of aliphatic imine (C=N–C) groups is 1. The van der Waals surface area contributed by atoms with Crippen molar-refractivity contribution in [3.8, 4) is 0 Å². The Morgan fingerprint density at radius 1 is 1.07 bits per heavy atom. The van der Waals surface area contributed by atoms with Crippen LogP contribution >= 0.6 is 24.0 Å². The molecule has 0 atom stereocenters. The molecule has 1 aromatic heterocycles. The highest BCUT2D eigenvalue weighted by Gasteiger charge is 2.14. The third-order valence-corrected chi connectivity index (χ3v) is 5.14. The fourth-order valence-electron chi connectivity index (χ4n) is 3.36. The number of halogens is 1. The van der Waals surface area contributed by atoms with E-state index >= 15 is 0 Å². The predicted molar refractivity (Wildman–Crippen MR) is 127 cm³/mol. The number of nitrogens with zero attached hydrogens (tertiary/aromatic N) is 4. The Morgan fingerprint density at radius 3 is 2.46 bits per heavy atom. The molecule has 1 fully saturated rings. The molecule has 162 valence electrons. The average molecular weight is 506 g/mol. The fourth-order valence-corrected chi connectivity index (χ4v) is 3.36. The molecule has 2 rings (SSSR count). The molecule has 1 saturated heterocycles. The Balaban J connectivity index is 0.00000392. The van der Waals surface area contributed by atoms with Gasteiger partial charge < -0.3 is 25.0 Å². The van der Waals surface area contributed by atoms with Gasteiger partial charge in [-0.1, -0.05) is 19.0 Å². The number of nitrogens with one attached hydrogen (secondary N) is 2. The fraction of sp³-hybridized carbons (Fsp3) is 0.800. The Bertz CT molecular complexity index is 548. The van der Waals surface area contributed by atoms with Crippen molar-refractivity contribution in [1.29, 1.82) is 0 Å². The van der Waals surface area contributed by atoms with E-state index in [9.17, 15) is 0 Å². The van der Waals surface area contributed by atoms with Crippen LogP contribution in [0.25, 0.3) is 0 Å². The maximum absolute atomic E-state index is 5.44. The van der Waals surface area contributed by atoms with E-state index in [0.717, 1.165) is 55.3 Å². The van der Waals surface area contributed by atoms with E-state index in [2.05, 4.69) is 53.4 Å². The van der Waals surface area contributed by atoms with Gasteiger partial charge in [0.2, 0.25) is 0 Å². The minimum absolute atomic E-state index is 0. The maximum atomic E-state index is 5.44. The van der Waals surface area contributed by atoms with Crippen molar-refractivity contribution >= 4 is 29.9 Å². The van der Waals surface area contributed by atoms with Crippen LogP contribution in [0.15, 0.2) is 9.52 Å². The molecule has 0 unspecified atom stereocenters. The number of unbranched alkanes of at least 4 members (excludes halogenated alkanes) is 1. The van der Waals surface area contributed by atoms with E-state index in [4.69, 9.17) is 9.52 Å². The summed E-state index contributed by atoms with van der Waals surface area (Å²) in [5, 5.41) is 11.0. The number of likely N-dealkylation sites (N-methyl/N-ethyl adjacent to an activating group) is 1. The lowest BCUT2D eigenvalue weighted by Crippen LogP contribution is -2.44. The summed E-state index contributed by atoms with van der Waals surface area (Å²) in [6.45, 7) is 14.7. The largest absolute Gasteiger partial charge is 0.361 e. The van der Waals surface area contributed by atoms with Gasteiger partial charge in [-0.15, -0.1) is 24.0 Å². The van der Waals surface area contributed by atoms with Gasteiger partial charge in [0.05, 0.1) is 12.2 Å². The molecular formula is C20H39IN6O. The molecule has 0 saturated carbocycles. The molecule has 1 aliphatic rings. The molecule has 1 aliphatic heterocycles. The number of guanidine groups is 1. The van der Waals surface area contributed by atoms with Crippen LogP contribution in [0.2, 0.25) is 0 Å². The molecule has 2 heterocycles. The molecule has 0 radical (unpaired) electrons. The van der Waals surface area contributed by atoms with E-state index in [-0.39, 0.29) is 24.0 Å². The van der Waals surface area contributed by atoms with E-state index in [0.29, 0.717) is 6.54 Å². The zero-order valence-corrected chi connectivity index (χ0v) is 20.4. The zero-order valence-electron chi connectivity index (χ0n) is 18.1. The molecule has 0 aliphatic carbocycles. The third-order valence-electron chi connectivity index (χ3n) is 5.14. The van der Waals surface area contributed by atoms with Gasteiger partial charge in [-0.3, -0.25) is 0 Å². The van der Waals surface area contributed by atoms with Gasteiger partial charge in [0.1, 0.15) is 5.76 Å². The van der Waals surface area contributed by atoms with Gasteiger partial charge in [0, 0.05) is 51.3 Å². The summed E-state index contributed by atoms with van der Waals surface area (Å²) in [6, 6.07) is 0. The number of aryl methyl sites for hydroxylation is 2. The quantitative estimate of drug-likeness (QED) is 0.220. The molecule has 0 spiro atoms. The van der Waals surface area contributed by atoms with E-state index < -0.39 is 0 Å². The van der Waals surface area contributed by atoms with Gasteiger partial charge >= 0.3 is 0 Å². The second-order valence-electron chi connectivity index (χ2n) is 7.21. The minimum atomic E-state index is 0. The normalized spacial score (nSPS) is 16.1. The van der Waals surface area contributed by atoms with E-state index in [1.54, 1.807) is 0 Å². The van der Waals surface area contributed by atoms with Gasteiger partial charge in [-0.25, -0.2) is 4.99 Å². The number of hydrogen-bond donors (Lipinski definition) is 2. The summed E-state index contributed by atoms with van der Waals surface area (Å²) >= 11 is 0. The topological polar surface area (TPSA) is 68.9 Å². The van der Waals surface area contributed by atoms with Crippen LogP contribution in [0.1, 0.15) is 50.6 Å². The lowest BCUT2D eigenvalue weighted by atomic mass is 10.1. The maximum Gasteiger partial charge on any atom is 0.191 e. The molecule has 2 N–H and O–H groups in total. The van der Waals surface area contributed by atoms with Crippen LogP contribution < -0.4 is 10.6 Å². The number of piperazine rings is 1. The second kappa shape index (κ2) is 14.2. The molecule has 0 aromatic carbocycles. The average Bonchev–Trinajstić information content (AvgIpc) is 3.09. The number of aromatic nitrogens is 1. The molecule has 7 nitrogen and oxygen atoms in total. The van der Waals surface area contributed by atoms with Crippen LogP contribution in [0.4, 0.5) is 0 Å². The third kappa shape index (κ3) is 8.24. The molecule has 28 heavy (non-hydrogen) atoms. The van der Waals surface area contributed by atoms with Crippen LogP contribution in [-0.2, 0) is 19.4 Å². The van der Waals surface area contributed by atoms with E-state index in [1.807, 2.05) is 0 Å². The summed E-state index contributed by atoms with van der Waals surface area (Å²) in [6.07, 6.45) is 4.12. The van der Waals surface area contributed by atoms with Gasteiger partial charge in [0.15, 0.2) is 5.96 Å².